The van der Waals surface area contributed by atoms with Crippen molar-refractivity contribution in [3.05, 3.63) is 5.82 Å². The molecule has 0 bridgehead atoms. The molecule has 0 atom stereocenters. The maximum atomic E-state index is 12.1. The first-order valence-corrected chi connectivity index (χ1v) is 4.26. The number of hydrogen-bond donors (Lipinski definition) is 1. The molecule has 12 heavy (non-hydrogen) atoms. The van der Waals surface area contributed by atoms with Gasteiger partial charge in [0.05, 0.1) is 0 Å². The predicted octanol–water partition coefficient (Wildman–Crippen LogP) is 1.04. The van der Waals surface area contributed by atoms with E-state index in [2.05, 4.69) is 10.2 Å². The molecule has 1 aromatic rings. The van der Waals surface area contributed by atoms with E-state index in [9.17, 15) is 8.78 Å². The van der Waals surface area contributed by atoms with Gasteiger partial charge in [-0.05, 0) is 5.75 Å². The number of alkyl halides is 2. The van der Waals surface area contributed by atoms with Crippen LogP contribution in [0.25, 0.3) is 0 Å². The molecule has 7 heteroatoms. The fraction of sp³-hybridized carbons (Fsp3) is 0.600. The van der Waals surface area contributed by atoms with E-state index in [0.717, 1.165) is 10.4 Å². The van der Waals surface area contributed by atoms with Crippen LogP contribution in [0.3, 0.4) is 0 Å². The van der Waals surface area contributed by atoms with Crippen molar-refractivity contribution in [1.29, 1.82) is 0 Å². The zero-order chi connectivity index (χ0) is 9.14. The molecule has 0 aliphatic carbocycles. The second-order valence-electron chi connectivity index (χ2n) is 1.94. The molecule has 0 saturated carbocycles. The Hall–Kier alpha value is -0.850. The lowest BCUT2D eigenvalue weighted by Gasteiger charge is -1.99. The zero-order valence-corrected chi connectivity index (χ0v) is 7.18. The van der Waals surface area contributed by atoms with Gasteiger partial charge in [-0.25, -0.2) is 13.5 Å². The van der Waals surface area contributed by atoms with Crippen LogP contribution in [-0.4, -0.2) is 20.6 Å². The second kappa shape index (κ2) is 3.70. The van der Waals surface area contributed by atoms with E-state index in [4.69, 9.17) is 5.84 Å². The van der Waals surface area contributed by atoms with Crippen molar-refractivity contribution in [2.24, 2.45) is 0 Å². The van der Waals surface area contributed by atoms with Crippen LogP contribution in [0.4, 0.5) is 8.78 Å². The lowest BCUT2D eigenvalue weighted by Crippen LogP contribution is -2.14. The van der Waals surface area contributed by atoms with Crippen LogP contribution in [-0.2, 0) is 0 Å². The zero-order valence-electron chi connectivity index (χ0n) is 6.37. The van der Waals surface area contributed by atoms with Crippen LogP contribution < -0.4 is 5.84 Å². The van der Waals surface area contributed by atoms with Gasteiger partial charge in [0.1, 0.15) is 0 Å². The molecule has 68 valence electrons. The van der Waals surface area contributed by atoms with Crippen LogP contribution in [0, 0.1) is 0 Å². The molecule has 0 radical (unpaired) electrons. The Morgan fingerprint density at radius 1 is 1.58 bits per heavy atom. The Kier molecular flexibility index (Phi) is 2.85. The van der Waals surface area contributed by atoms with Crippen molar-refractivity contribution in [1.82, 2.24) is 14.9 Å². The van der Waals surface area contributed by atoms with Gasteiger partial charge in [-0.3, -0.25) is 0 Å². The average Bonchev–Trinajstić information content (AvgIpc) is 2.34. The van der Waals surface area contributed by atoms with Gasteiger partial charge in [0.15, 0.2) is 0 Å². The lowest BCUT2D eigenvalue weighted by molar-refractivity contribution is 0.136. The third-order valence-corrected chi connectivity index (χ3v) is 1.98. The number of nitrogens with zero attached hydrogens (tertiary/aromatic N) is 3. The second-order valence-corrected chi connectivity index (χ2v) is 3.18. The molecule has 0 aliphatic heterocycles. The smallest absolute Gasteiger partial charge is 0.299 e. The van der Waals surface area contributed by atoms with Gasteiger partial charge in [0.2, 0.25) is 11.0 Å². The van der Waals surface area contributed by atoms with Gasteiger partial charge in [-0.2, -0.15) is 0 Å². The van der Waals surface area contributed by atoms with Gasteiger partial charge >= 0.3 is 0 Å². The summed E-state index contributed by atoms with van der Waals surface area (Å²) in [6, 6.07) is 0. The molecule has 0 aromatic carbocycles. The van der Waals surface area contributed by atoms with Crippen LogP contribution in [0.2, 0.25) is 0 Å². The summed E-state index contributed by atoms with van der Waals surface area (Å²) in [4.78, 5) is 0. The molecule has 1 aromatic heterocycles. The number of halogens is 2. The summed E-state index contributed by atoms with van der Waals surface area (Å²) in [5, 5.41) is 7.06. The van der Waals surface area contributed by atoms with Gasteiger partial charge in [0, 0.05) is 0 Å². The fourth-order valence-electron chi connectivity index (χ4n) is 0.665. The predicted molar refractivity (Wildman–Crippen MR) is 41.5 cm³/mol. The first-order valence-electron chi connectivity index (χ1n) is 3.28. The Morgan fingerprint density at radius 3 is 2.67 bits per heavy atom. The van der Waals surface area contributed by atoms with Gasteiger partial charge in [0.25, 0.3) is 6.43 Å². The Labute approximate surface area is 72.1 Å². The molecule has 2 N–H and O–H groups in total. The largest absolute Gasteiger partial charge is 0.335 e. The summed E-state index contributed by atoms with van der Waals surface area (Å²) in [6.07, 6.45) is -2.67. The van der Waals surface area contributed by atoms with Crippen LogP contribution in [0.15, 0.2) is 5.16 Å². The first-order chi connectivity index (χ1) is 5.66. The van der Waals surface area contributed by atoms with Crippen LogP contribution >= 0.6 is 11.8 Å². The first kappa shape index (κ1) is 9.24. The van der Waals surface area contributed by atoms with Gasteiger partial charge in [-0.1, -0.05) is 18.7 Å². The van der Waals surface area contributed by atoms with Crippen molar-refractivity contribution in [3.8, 4) is 0 Å². The minimum absolute atomic E-state index is 0.313. The van der Waals surface area contributed by atoms with Gasteiger partial charge < -0.3 is 5.84 Å². The minimum Gasteiger partial charge on any atom is -0.335 e. The Bertz CT molecular complexity index is 262. The van der Waals surface area contributed by atoms with E-state index >= 15 is 0 Å². The average molecular weight is 194 g/mol. The molecule has 0 saturated heterocycles. The summed E-state index contributed by atoms with van der Waals surface area (Å²) in [7, 11) is 0. The summed E-state index contributed by atoms with van der Waals surface area (Å²) in [5.74, 6) is 5.51. The highest BCUT2D eigenvalue weighted by Gasteiger charge is 2.17. The number of nitrogens with two attached hydrogens (primary N) is 1. The van der Waals surface area contributed by atoms with Gasteiger partial charge in [-0.15, -0.1) is 10.2 Å². The number of aromatic nitrogens is 3. The number of hydrogen-bond acceptors (Lipinski definition) is 4. The van der Waals surface area contributed by atoms with E-state index in [0.29, 0.717) is 5.16 Å². The van der Waals surface area contributed by atoms with E-state index < -0.39 is 12.2 Å². The van der Waals surface area contributed by atoms with E-state index in [1.807, 2.05) is 6.92 Å². The highest BCUT2D eigenvalue weighted by molar-refractivity contribution is 7.99. The van der Waals surface area contributed by atoms with Crippen molar-refractivity contribution in [2.45, 2.75) is 18.5 Å². The van der Waals surface area contributed by atoms with E-state index in [-0.39, 0.29) is 0 Å². The number of nitrogen functional groups attached to an aromatic ring is 1. The molecule has 0 amide bonds. The standard InChI is InChI=1S/C5H8F2N4S/c1-2-12-5-10-9-4(3(6)7)11(5)8/h3H,2,8H2,1H3. The summed E-state index contributed by atoms with van der Waals surface area (Å²) < 4.78 is 25.0. The molecular formula is C5H8F2N4S. The molecule has 1 rings (SSSR count). The topological polar surface area (TPSA) is 56.7 Å². The molecular weight excluding hydrogens is 186 g/mol. The van der Waals surface area contributed by atoms with Crippen molar-refractivity contribution >= 4 is 11.8 Å². The normalized spacial score (nSPS) is 11.0. The monoisotopic (exact) mass is 194 g/mol. The third kappa shape index (κ3) is 1.66. The summed E-state index contributed by atoms with van der Waals surface area (Å²) in [6.45, 7) is 1.88. The van der Waals surface area contributed by atoms with Crippen molar-refractivity contribution in [3.63, 3.8) is 0 Å². The number of thioether (sulfide) groups is 1. The lowest BCUT2D eigenvalue weighted by atomic mass is 10.7. The quantitative estimate of drug-likeness (QED) is 0.577. The Balaban J connectivity index is 2.88. The fourth-order valence-corrected chi connectivity index (χ4v) is 1.25. The SMILES string of the molecule is CCSc1nnc(C(F)F)n1N. The van der Waals surface area contributed by atoms with Crippen LogP contribution in [0.1, 0.15) is 19.2 Å². The Morgan fingerprint density at radius 2 is 2.25 bits per heavy atom. The maximum Gasteiger partial charge on any atom is 0.299 e. The summed E-state index contributed by atoms with van der Waals surface area (Å²) >= 11 is 1.27. The van der Waals surface area contributed by atoms with Crippen LogP contribution in [0.5, 0.6) is 0 Å². The minimum atomic E-state index is -2.67. The molecule has 1 heterocycles. The molecule has 4 nitrogen and oxygen atoms in total. The summed E-state index contributed by atoms with van der Waals surface area (Å²) in [5.41, 5.74) is 0. The highest BCUT2D eigenvalue weighted by atomic mass is 32.2. The molecule has 0 aliphatic rings. The maximum absolute atomic E-state index is 12.1. The van der Waals surface area contributed by atoms with E-state index in [1.54, 1.807) is 0 Å². The molecule has 0 spiro atoms. The molecule has 0 fully saturated rings. The highest BCUT2D eigenvalue weighted by Crippen LogP contribution is 2.20. The third-order valence-electron chi connectivity index (χ3n) is 1.16. The number of rotatable bonds is 3. The molecule has 0 unspecified atom stereocenters. The van der Waals surface area contributed by atoms with E-state index in [1.165, 1.54) is 11.8 Å². The van der Waals surface area contributed by atoms with Crippen molar-refractivity contribution < 1.29 is 8.78 Å². The van der Waals surface area contributed by atoms with Crippen molar-refractivity contribution in [2.75, 3.05) is 11.6 Å².